The van der Waals surface area contributed by atoms with Crippen molar-refractivity contribution in [2.75, 3.05) is 17.3 Å². The van der Waals surface area contributed by atoms with Crippen LogP contribution in [0.5, 0.6) is 0 Å². The van der Waals surface area contributed by atoms with Crippen molar-refractivity contribution in [1.29, 1.82) is 0 Å². The number of nitrogens with one attached hydrogen (secondary N) is 2. The molecule has 140 valence electrons. The first kappa shape index (κ1) is 19.3. The maximum absolute atomic E-state index is 13.4. The lowest BCUT2D eigenvalue weighted by Gasteiger charge is -2.12. The molecule has 3 rings (SSSR count). The molecule has 0 fully saturated rings. The van der Waals surface area contributed by atoms with E-state index in [9.17, 15) is 9.18 Å². The molecule has 1 aromatic carbocycles. The number of pyridine rings is 1. The third-order valence-electron chi connectivity index (χ3n) is 3.97. The highest BCUT2D eigenvalue weighted by atomic mass is 32.2. The molecule has 0 radical (unpaired) electrons. The van der Waals surface area contributed by atoms with Crippen LogP contribution in [-0.4, -0.2) is 32.5 Å². The predicted molar refractivity (Wildman–Crippen MR) is 111 cm³/mol. The van der Waals surface area contributed by atoms with E-state index in [1.807, 2.05) is 23.0 Å². The van der Waals surface area contributed by atoms with E-state index >= 15 is 0 Å². The number of carbonyl (C=O) groups is 1. The molecular formula is C19H19FN4OS2. The zero-order valence-electron chi connectivity index (χ0n) is 15.0. The second-order valence-electron chi connectivity index (χ2n) is 5.92. The predicted octanol–water partition coefficient (Wildman–Crippen LogP) is 4.74. The maximum atomic E-state index is 13.4. The van der Waals surface area contributed by atoms with E-state index in [0.29, 0.717) is 10.6 Å². The van der Waals surface area contributed by atoms with Crippen molar-refractivity contribution in [1.82, 2.24) is 14.5 Å². The molecule has 0 bridgehead atoms. The van der Waals surface area contributed by atoms with Crippen LogP contribution >= 0.6 is 24.0 Å². The first-order chi connectivity index (χ1) is 13.0. The van der Waals surface area contributed by atoms with E-state index in [4.69, 9.17) is 12.2 Å². The minimum atomic E-state index is -0.294. The number of aromatic amines is 1. The van der Waals surface area contributed by atoms with Crippen LogP contribution in [0.2, 0.25) is 0 Å². The van der Waals surface area contributed by atoms with E-state index in [0.717, 1.165) is 34.8 Å². The van der Waals surface area contributed by atoms with Gasteiger partial charge < -0.3 is 14.9 Å². The molecule has 0 unspecified atom stereocenters. The smallest absolute Gasteiger partial charge is 0.222 e. The second-order valence-corrected chi connectivity index (χ2v) is 7.29. The Morgan fingerprint density at radius 1 is 1.30 bits per heavy atom. The van der Waals surface area contributed by atoms with Crippen LogP contribution in [-0.2, 0) is 11.3 Å². The summed E-state index contributed by atoms with van der Waals surface area (Å²) in [5.74, 6) is 0.879. The number of aromatic nitrogens is 3. The number of imidazole rings is 1. The fourth-order valence-corrected chi connectivity index (χ4v) is 3.47. The van der Waals surface area contributed by atoms with Gasteiger partial charge in [0.2, 0.25) is 5.91 Å². The van der Waals surface area contributed by atoms with Crippen molar-refractivity contribution in [3.05, 3.63) is 53.2 Å². The van der Waals surface area contributed by atoms with E-state index in [2.05, 4.69) is 15.3 Å². The number of anilines is 1. The number of H-pyrrole nitrogens is 1. The number of thioether (sulfide) groups is 1. The maximum Gasteiger partial charge on any atom is 0.222 e. The molecule has 2 N–H and O–H groups in total. The molecular weight excluding hydrogens is 383 g/mol. The Hall–Kier alpha value is -2.45. The summed E-state index contributed by atoms with van der Waals surface area (Å²) < 4.78 is 16.0. The van der Waals surface area contributed by atoms with Crippen LogP contribution in [0.3, 0.4) is 0 Å². The summed E-state index contributed by atoms with van der Waals surface area (Å²) in [4.78, 5) is 18.8. The number of rotatable bonds is 6. The fraction of sp³-hybridized carbons (Fsp3) is 0.211. The van der Waals surface area contributed by atoms with Gasteiger partial charge in [-0.1, -0.05) is 0 Å². The highest BCUT2D eigenvalue weighted by Crippen LogP contribution is 2.33. The van der Waals surface area contributed by atoms with Crippen molar-refractivity contribution in [3.63, 3.8) is 0 Å². The largest absolute Gasteiger partial charge is 0.330 e. The van der Waals surface area contributed by atoms with Crippen LogP contribution in [0.4, 0.5) is 10.2 Å². The standard InChI is InChI=1S/C19H19FN4OS2/c1-12(25)22-16-11-14(7-8-21-16)18-17(13-3-5-15(20)6-4-13)23-19(26)24(18)9-10-27-2/h3-8,11H,9-10H2,1-2H3,(H,23,26)(H,21,22,25). The van der Waals surface area contributed by atoms with Crippen molar-refractivity contribution < 1.29 is 9.18 Å². The van der Waals surface area contributed by atoms with E-state index in [1.54, 1.807) is 30.1 Å². The molecule has 8 heteroatoms. The molecule has 0 spiro atoms. The number of nitrogens with zero attached hydrogens (tertiary/aromatic N) is 2. The quantitative estimate of drug-likeness (QED) is 0.585. The molecule has 27 heavy (non-hydrogen) atoms. The van der Waals surface area contributed by atoms with Crippen molar-refractivity contribution >= 4 is 35.7 Å². The van der Waals surface area contributed by atoms with Crippen molar-refractivity contribution in [2.24, 2.45) is 0 Å². The first-order valence-electron chi connectivity index (χ1n) is 8.31. The highest BCUT2D eigenvalue weighted by Gasteiger charge is 2.17. The van der Waals surface area contributed by atoms with Gasteiger partial charge in [0.25, 0.3) is 0 Å². The number of halogens is 1. The lowest BCUT2D eigenvalue weighted by Crippen LogP contribution is -2.08. The van der Waals surface area contributed by atoms with Gasteiger partial charge in [-0.3, -0.25) is 4.79 Å². The minimum absolute atomic E-state index is 0.188. The molecule has 0 aliphatic carbocycles. The summed E-state index contributed by atoms with van der Waals surface area (Å²) in [5, 5.41) is 2.70. The summed E-state index contributed by atoms with van der Waals surface area (Å²) in [7, 11) is 0. The van der Waals surface area contributed by atoms with E-state index in [-0.39, 0.29) is 11.7 Å². The van der Waals surface area contributed by atoms with E-state index < -0.39 is 0 Å². The van der Waals surface area contributed by atoms with Crippen LogP contribution in [0, 0.1) is 10.6 Å². The molecule has 1 amide bonds. The Labute approximate surface area is 166 Å². The van der Waals surface area contributed by atoms with Crippen LogP contribution in [0.25, 0.3) is 22.5 Å². The number of carbonyl (C=O) groups excluding carboxylic acids is 1. The van der Waals surface area contributed by atoms with Gasteiger partial charge >= 0.3 is 0 Å². The molecule has 2 heterocycles. The molecule has 0 saturated carbocycles. The van der Waals surface area contributed by atoms with Gasteiger partial charge in [0.05, 0.1) is 11.4 Å². The van der Waals surface area contributed by atoms with Crippen LogP contribution in [0.15, 0.2) is 42.6 Å². The Morgan fingerprint density at radius 3 is 2.70 bits per heavy atom. The summed E-state index contributed by atoms with van der Waals surface area (Å²) >= 11 is 7.27. The summed E-state index contributed by atoms with van der Waals surface area (Å²) in [6, 6.07) is 9.95. The molecule has 0 aliphatic rings. The van der Waals surface area contributed by atoms with Gasteiger partial charge in [-0.15, -0.1) is 0 Å². The highest BCUT2D eigenvalue weighted by molar-refractivity contribution is 7.98. The fourth-order valence-electron chi connectivity index (χ4n) is 2.82. The number of amides is 1. The summed E-state index contributed by atoms with van der Waals surface area (Å²) in [6.45, 7) is 2.17. The van der Waals surface area contributed by atoms with Crippen LogP contribution < -0.4 is 5.32 Å². The molecule has 0 atom stereocenters. The average molecular weight is 403 g/mol. The lowest BCUT2D eigenvalue weighted by molar-refractivity contribution is -0.114. The second kappa shape index (κ2) is 8.49. The van der Waals surface area contributed by atoms with Gasteiger partial charge in [-0.2, -0.15) is 11.8 Å². The number of hydrogen-bond acceptors (Lipinski definition) is 4. The third kappa shape index (κ3) is 4.45. The third-order valence-corrected chi connectivity index (χ3v) is 4.89. The van der Waals surface area contributed by atoms with Gasteiger partial charge in [0.15, 0.2) is 4.77 Å². The molecule has 2 aromatic heterocycles. The number of benzene rings is 1. The Kier molecular flexibility index (Phi) is 6.08. The Morgan fingerprint density at radius 2 is 2.04 bits per heavy atom. The zero-order chi connectivity index (χ0) is 19.4. The monoisotopic (exact) mass is 402 g/mol. The molecule has 5 nitrogen and oxygen atoms in total. The topological polar surface area (TPSA) is 62.7 Å². The number of hydrogen-bond donors (Lipinski definition) is 2. The summed E-state index contributed by atoms with van der Waals surface area (Å²) in [5.41, 5.74) is 3.38. The van der Waals surface area contributed by atoms with Crippen molar-refractivity contribution in [3.8, 4) is 22.5 Å². The van der Waals surface area contributed by atoms with Crippen LogP contribution in [0.1, 0.15) is 6.92 Å². The Balaban J connectivity index is 2.18. The summed E-state index contributed by atoms with van der Waals surface area (Å²) in [6.07, 6.45) is 3.68. The van der Waals surface area contributed by atoms with Gasteiger partial charge in [-0.25, -0.2) is 9.37 Å². The lowest BCUT2D eigenvalue weighted by atomic mass is 10.1. The molecule has 0 saturated heterocycles. The van der Waals surface area contributed by atoms with Gasteiger partial charge in [0, 0.05) is 36.5 Å². The zero-order valence-corrected chi connectivity index (χ0v) is 16.6. The van der Waals surface area contributed by atoms with Crippen molar-refractivity contribution in [2.45, 2.75) is 13.5 Å². The molecule has 0 aliphatic heterocycles. The van der Waals surface area contributed by atoms with E-state index in [1.165, 1.54) is 19.1 Å². The average Bonchev–Trinajstić information content (AvgIpc) is 2.96. The Bertz CT molecular complexity index is 1010. The molecule has 3 aromatic rings. The van der Waals surface area contributed by atoms with Gasteiger partial charge in [0.1, 0.15) is 11.6 Å². The first-order valence-corrected chi connectivity index (χ1v) is 10.1. The van der Waals surface area contributed by atoms with Gasteiger partial charge in [-0.05, 0) is 54.9 Å². The normalized spacial score (nSPS) is 10.8. The SMILES string of the molecule is CSCCn1c(-c2ccnc(NC(C)=O)c2)c(-c2ccc(F)cc2)[nH]c1=S. The minimum Gasteiger partial charge on any atom is -0.330 e.